The lowest BCUT2D eigenvalue weighted by molar-refractivity contribution is 0.0695. The average molecular weight is 446 g/mol. The predicted molar refractivity (Wildman–Crippen MR) is 130 cm³/mol. The number of H-pyrrole nitrogens is 1. The highest BCUT2D eigenvalue weighted by Gasteiger charge is 2.22. The van der Waals surface area contributed by atoms with Crippen LogP contribution in [0.3, 0.4) is 0 Å². The van der Waals surface area contributed by atoms with Crippen LogP contribution in [-0.4, -0.2) is 27.0 Å². The molecule has 0 unspecified atom stereocenters. The van der Waals surface area contributed by atoms with Gasteiger partial charge in [-0.1, -0.05) is 62.4 Å². The van der Waals surface area contributed by atoms with Crippen molar-refractivity contribution in [3.8, 4) is 11.4 Å². The Kier molecular flexibility index (Phi) is 6.92. The van der Waals surface area contributed by atoms with Crippen molar-refractivity contribution in [2.24, 2.45) is 5.92 Å². The van der Waals surface area contributed by atoms with E-state index in [0.717, 1.165) is 29.7 Å². The van der Waals surface area contributed by atoms with Crippen LogP contribution in [0.15, 0.2) is 42.5 Å². The van der Waals surface area contributed by atoms with Crippen molar-refractivity contribution in [1.29, 1.82) is 0 Å². The molecule has 1 amide bonds. The summed E-state index contributed by atoms with van der Waals surface area (Å²) in [6.07, 6.45) is 8.19. The van der Waals surface area contributed by atoms with Crippen molar-refractivity contribution in [3.05, 3.63) is 70.5 Å². The number of hydrogen-bond acceptors (Lipinski definition) is 3. The van der Waals surface area contributed by atoms with Gasteiger partial charge >= 0.3 is 5.97 Å². The van der Waals surface area contributed by atoms with Crippen molar-refractivity contribution in [2.75, 3.05) is 5.32 Å². The van der Waals surface area contributed by atoms with Crippen molar-refractivity contribution in [3.63, 3.8) is 0 Å². The molecular weight excluding hydrogens is 414 g/mol. The number of aromatic nitrogens is 2. The summed E-state index contributed by atoms with van der Waals surface area (Å²) in [4.78, 5) is 32.8. The minimum Gasteiger partial charge on any atom is -0.478 e. The molecule has 0 saturated heterocycles. The molecule has 0 aliphatic heterocycles. The number of anilines is 1. The Hall–Kier alpha value is -3.41. The number of rotatable bonds is 7. The minimum absolute atomic E-state index is 0.174. The number of aromatic amines is 1. The van der Waals surface area contributed by atoms with Crippen LogP contribution in [0.5, 0.6) is 0 Å². The van der Waals surface area contributed by atoms with Crippen molar-refractivity contribution in [1.82, 2.24) is 9.97 Å². The van der Waals surface area contributed by atoms with E-state index in [0.29, 0.717) is 28.7 Å². The van der Waals surface area contributed by atoms with E-state index in [-0.39, 0.29) is 11.5 Å². The molecule has 0 atom stereocenters. The molecule has 1 aliphatic rings. The molecule has 1 saturated carbocycles. The van der Waals surface area contributed by atoms with E-state index in [1.807, 2.05) is 31.2 Å². The molecule has 4 rings (SSSR count). The molecule has 0 spiro atoms. The van der Waals surface area contributed by atoms with Crippen LogP contribution < -0.4 is 5.32 Å². The van der Waals surface area contributed by atoms with E-state index in [4.69, 9.17) is 4.98 Å². The van der Waals surface area contributed by atoms with Crippen LogP contribution in [0.25, 0.3) is 11.4 Å². The van der Waals surface area contributed by atoms with Crippen LogP contribution in [0.4, 0.5) is 5.69 Å². The van der Waals surface area contributed by atoms with Crippen LogP contribution in [-0.2, 0) is 6.42 Å². The highest BCUT2D eigenvalue weighted by atomic mass is 16.4. The van der Waals surface area contributed by atoms with E-state index in [1.54, 1.807) is 19.1 Å². The van der Waals surface area contributed by atoms with Gasteiger partial charge in [0.25, 0.3) is 5.91 Å². The number of amides is 1. The van der Waals surface area contributed by atoms with Crippen LogP contribution >= 0.6 is 0 Å². The largest absolute Gasteiger partial charge is 0.478 e. The van der Waals surface area contributed by atoms with Gasteiger partial charge in [-0.15, -0.1) is 0 Å². The van der Waals surface area contributed by atoms with Gasteiger partial charge in [-0.2, -0.15) is 0 Å². The predicted octanol–water partition coefficient (Wildman–Crippen LogP) is 6.16. The number of carboxylic acid groups (broad SMARTS) is 1. The quantitative estimate of drug-likeness (QED) is 0.406. The summed E-state index contributed by atoms with van der Waals surface area (Å²) in [7, 11) is 0. The Balaban J connectivity index is 1.61. The number of carbonyl (C=O) groups excluding carboxylic acids is 1. The zero-order chi connectivity index (χ0) is 23.4. The van der Waals surface area contributed by atoms with Crippen LogP contribution in [0.1, 0.15) is 76.2 Å². The number of nitrogens with one attached hydrogen (secondary N) is 2. The third kappa shape index (κ3) is 5.33. The molecule has 1 aromatic heterocycles. The highest BCUT2D eigenvalue weighted by Crippen LogP contribution is 2.29. The van der Waals surface area contributed by atoms with Gasteiger partial charge in [-0.25, -0.2) is 9.78 Å². The monoisotopic (exact) mass is 445 g/mol. The van der Waals surface area contributed by atoms with Crippen molar-refractivity contribution >= 4 is 17.6 Å². The fourth-order valence-electron chi connectivity index (χ4n) is 4.69. The Bertz CT molecular complexity index is 1160. The Morgan fingerprint density at radius 2 is 1.82 bits per heavy atom. The van der Waals surface area contributed by atoms with Gasteiger partial charge in [0.2, 0.25) is 0 Å². The number of aromatic carboxylic acids is 1. The number of aryl methyl sites for hydroxylation is 3. The van der Waals surface area contributed by atoms with Gasteiger partial charge in [0.1, 0.15) is 11.5 Å². The average Bonchev–Trinajstić information content (AvgIpc) is 3.24. The van der Waals surface area contributed by atoms with Crippen molar-refractivity contribution in [2.45, 2.75) is 58.8 Å². The molecule has 2 aromatic carbocycles. The van der Waals surface area contributed by atoms with E-state index in [2.05, 4.69) is 10.3 Å². The lowest BCUT2D eigenvalue weighted by atomic mass is 9.85. The summed E-state index contributed by atoms with van der Waals surface area (Å²) >= 11 is 0. The third-order valence-electron chi connectivity index (χ3n) is 6.65. The number of nitrogens with zero attached hydrogens (tertiary/aromatic N) is 1. The summed E-state index contributed by atoms with van der Waals surface area (Å²) < 4.78 is 0. The molecule has 33 heavy (non-hydrogen) atoms. The smallest absolute Gasteiger partial charge is 0.336 e. The third-order valence-corrected chi connectivity index (χ3v) is 6.65. The molecule has 1 heterocycles. The Morgan fingerprint density at radius 3 is 2.55 bits per heavy atom. The standard InChI is InChI=1S/C27H31N3O3/c1-17-8-6-7-11-21(17)25-29-23(15-13-19-9-4-3-5-10-19)24(30-25)26(31)28-20-14-12-18(2)22(16-20)27(32)33/h6-8,11-12,14,16,19H,3-5,9-10,13,15H2,1-2H3,(H,28,31)(H,29,30)(H,32,33). The van der Waals surface area contributed by atoms with E-state index >= 15 is 0 Å². The highest BCUT2D eigenvalue weighted by molar-refractivity contribution is 6.04. The molecule has 172 valence electrons. The fourth-order valence-corrected chi connectivity index (χ4v) is 4.69. The molecule has 6 nitrogen and oxygen atoms in total. The van der Waals surface area contributed by atoms with Gasteiger partial charge < -0.3 is 15.4 Å². The van der Waals surface area contributed by atoms with E-state index < -0.39 is 5.97 Å². The van der Waals surface area contributed by atoms with Gasteiger partial charge in [0, 0.05) is 16.9 Å². The molecule has 6 heteroatoms. The molecule has 3 aromatic rings. The summed E-state index contributed by atoms with van der Waals surface area (Å²) in [6, 6.07) is 12.9. The Labute approximate surface area is 194 Å². The fraction of sp³-hybridized carbons (Fsp3) is 0.370. The lowest BCUT2D eigenvalue weighted by Gasteiger charge is -2.21. The number of carboxylic acids is 1. The second-order valence-corrected chi connectivity index (χ2v) is 9.06. The van der Waals surface area contributed by atoms with Gasteiger partial charge in [0.15, 0.2) is 0 Å². The first-order valence-corrected chi connectivity index (χ1v) is 11.7. The number of imidazole rings is 1. The number of hydrogen-bond donors (Lipinski definition) is 3. The molecule has 1 fully saturated rings. The minimum atomic E-state index is -1.02. The lowest BCUT2D eigenvalue weighted by Crippen LogP contribution is -2.16. The second-order valence-electron chi connectivity index (χ2n) is 9.06. The summed E-state index contributed by atoms with van der Waals surface area (Å²) in [6.45, 7) is 3.76. The summed E-state index contributed by atoms with van der Waals surface area (Å²) in [5.41, 5.74) is 4.54. The zero-order valence-electron chi connectivity index (χ0n) is 19.3. The van der Waals surface area contributed by atoms with Crippen molar-refractivity contribution < 1.29 is 14.7 Å². The topological polar surface area (TPSA) is 95.1 Å². The van der Waals surface area contributed by atoms with Gasteiger partial charge in [-0.05, 0) is 55.9 Å². The first-order chi connectivity index (χ1) is 15.9. The van der Waals surface area contributed by atoms with Gasteiger partial charge in [0.05, 0.1) is 5.56 Å². The molecule has 1 aliphatic carbocycles. The first kappa shape index (κ1) is 22.8. The summed E-state index contributed by atoms with van der Waals surface area (Å²) in [5.74, 6) is 0.0328. The molecule has 3 N–H and O–H groups in total. The maximum Gasteiger partial charge on any atom is 0.336 e. The maximum absolute atomic E-state index is 13.2. The SMILES string of the molecule is Cc1ccc(NC(=O)c2nc(-c3ccccc3C)[nH]c2CCC2CCCCC2)cc1C(=O)O. The molecular formula is C27H31N3O3. The zero-order valence-corrected chi connectivity index (χ0v) is 19.3. The molecule has 0 radical (unpaired) electrons. The second kappa shape index (κ2) is 10.0. The summed E-state index contributed by atoms with van der Waals surface area (Å²) in [5, 5.41) is 12.3. The van der Waals surface area contributed by atoms with E-state index in [9.17, 15) is 14.7 Å². The normalized spacial score (nSPS) is 14.2. The Morgan fingerprint density at radius 1 is 1.06 bits per heavy atom. The maximum atomic E-state index is 13.2. The number of carbonyl (C=O) groups is 2. The van der Waals surface area contributed by atoms with Gasteiger partial charge in [-0.3, -0.25) is 4.79 Å². The van der Waals surface area contributed by atoms with Crippen LogP contribution in [0, 0.1) is 19.8 Å². The molecule has 0 bridgehead atoms. The number of benzene rings is 2. The van der Waals surface area contributed by atoms with Crippen LogP contribution in [0.2, 0.25) is 0 Å². The van der Waals surface area contributed by atoms with E-state index in [1.165, 1.54) is 38.2 Å². The first-order valence-electron chi connectivity index (χ1n) is 11.7.